The van der Waals surface area contributed by atoms with Gasteiger partial charge in [-0.25, -0.2) is 9.50 Å². The number of piperazine rings is 1. The van der Waals surface area contributed by atoms with Crippen LogP contribution in [0.2, 0.25) is 0 Å². The Morgan fingerprint density at radius 3 is 2.49 bits per heavy atom. The molecule has 0 N–H and O–H groups in total. The minimum absolute atomic E-state index is 0.00781. The number of halogens is 3. The summed E-state index contributed by atoms with van der Waals surface area (Å²) < 4.78 is 48.8. The van der Waals surface area contributed by atoms with E-state index in [0.29, 0.717) is 36.5 Å². The van der Waals surface area contributed by atoms with Crippen molar-refractivity contribution in [3.8, 4) is 23.1 Å². The van der Waals surface area contributed by atoms with Crippen molar-refractivity contribution in [2.75, 3.05) is 26.7 Å². The molecule has 2 aromatic heterocycles. The smallest absolute Gasteiger partial charge is 0.433 e. The van der Waals surface area contributed by atoms with Gasteiger partial charge in [0.1, 0.15) is 11.3 Å². The van der Waals surface area contributed by atoms with E-state index in [1.165, 1.54) is 20.2 Å². The van der Waals surface area contributed by atoms with E-state index in [1.807, 2.05) is 32.0 Å². The lowest BCUT2D eigenvalue weighted by Gasteiger charge is -2.42. The van der Waals surface area contributed by atoms with Crippen LogP contribution in [0, 0.1) is 18.3 Å². The zero-order chi connectivity index (χ0) is 29.5. The van der Waals surface area contributed by atoms with E-state index in [2.05, 4.69) is 21.1 Å². The molecule has 2 atom stereocenters. The second kappa shape index (κ2) is 10.9. The average Bonchev–Trinajstić information content (AvgIpc) is 3.38. The van der Waals surface area contributed by atoms with Crippen LogP contribution < -0.4 is 4.74 Å². The number of hydrogen-bond donors (Lipinski definition) is 0. The van der Waals surface area contributed by atoms with Crippen LogP contribution in [-0.2, 0) is 6.18 Å². The molecule has 1 aliphatic rings. The standard InChI is InChI=1S/C30H29F3N6O2/c1-18-17-37(20(3)24-8-6-5-7-22(24)15-34)13-14-38(18)29(40)25-16-35-39-27(30(31,32)33)19(2)26(36-28(25)39)21-9-11-23(41-4)12-10-21/h5-12,16,18,20H,13-14,17H2,1-4H3/t18-,20+/m1/s1. The predicted octanol–water partition coefficient (Wildman–Crippen LogP) is 5.51. The van der Waals surface area contributed by atoms with E-state index >= 15 is 0 Å². The minimum Gasteiger partial charge on any atom is -0.497 e. The Kier molecular flexibility index (Phi) is 7.44. The molecule has 1 saturated heterocycles. The molecule has 1 fully saturated rings. The number of carbonyl (C=O) groups is 1. The van der Waals surface area contributed by atoms with Gasteiger partial charge in [0.15, 0.2) is 11.3 Å². The molecule has 0 spiro atoms. The number of nitrogens with zero attached hydrogens (tertiary/aromatic N) is 6. The molecule has 5 rings (SSSR count). The Morgan fingerprint density at radius 2 is 1.85 bits per heavy atom. The van der Waals surface area contributed by atoms with Crippen LogP contribution in [0.1, 0.15) is 52.6 Å². The van der Waals surface area contributed by atoms with Crippen LogP contribution in [0.25, 0.3) is 16.9 Å². The summed E-state index contributed by atoms with van der Waals surface area (Å²) in [5, 5.41) is 13.5. The van der Waals surface area contributed by atoms with Crippen molar-refractivity contribution in [2.24, 2.45) is 0 Å². The summed E-state index contributed by atoms with van der Waals surface area (Å²) in [5.74, 6) is 0.129. The van der Waals surface area contributed by atoms with Crippen LogP contribution in [0.4, 0.5) is 13.2 Å². The summed E-state index contributed by atoms with van der Waals surface area (Å²) in [6.45, 7) is 6.71. The SMILES string of the molecule is COc1ccc(-c2nc3c(C(=O)N4CCN([C@@H](C)c5ccccc5C#N)C[C@H]4C)cnn3c(C(F)(F)F)c2C)cc1. The van der Waals surface area contributed by atoms with Gasteiger partial charge in [-0.15, -0.1) is 0 Å². The molecule has 3 heterocycles. The minimum atomic E-state index is -4.73. The predicted molar refractivity (Wildman–Crippen MR) is 146 cm³/mol. The van der Waals surface area contributed by atoms with Gasteiger partial charge in [0, 0.05) is 42.8 Å². The van der Waals surface area contributed by atoms with E-state index in [9.17, 15) is 23.2 Å². The van der Waals surface area contributed by atoms with Gasteiger partial charge in [0.2, 0.25) is 0 Å². The molecule has 2 aromatic carbocycles. The molecule has 0 aliphatic carbocycles. The van der Waals surface area contributed by atoms with Crippen molar-refractivity contribution in [3.05, 3.63) is 82.7 Å². The van der Waals surface area contributed by atoms with Gasteiger partial charge in [-0.3, -0.25) is 9.69 Å². The van der Waals surface area contributed by atoms with Gasteiger partial charge in [0.05, 0.1) is 30.6 Å². The molecule has 1 aliphatic heterocycles. The normalized spacial score (nSPS) is 16.9. The maximum Gasteiger partial charge on any atom is 0.433 e. The van der Waals surface area contributed by atoms with Crippen molar-refractivity contribution < 1.29 is 22.7 Å². The Balaban J connectivity index is 1.48. The van der Waals surface area contributed by atoms with Gasteiger partial charge in [-0.1, -0.05) is 18.2 Å². The van der Waals surface area contributed by atoms with Gasteiger partial charge in [0.25, 0.3) is 5.91 Å². The van der Waals surface area contributed by atoms with Crippen LogP contribution in [0.15, 0.2) is 54.7 Å². The Morgan fingerprint density at radius 1 is 1.15 bits per heavy atom. The summed E-state index contributed by atoms with van der Waals surface area (Å²) in [6.07, 6.45) is -3.56. The van der Waals surface area contributed by atoms with Crippen LogP contribution >= 0.6 is 0 Å². The molecule has 0 radical (unpaired) electrons. The highest BCUT2D eigenvalue weighted by molar-refractivity contribution is 6.00. The van der Waals surface area contributed by atoms with E-state index in [1.54, 1.807) is 35.2 Å². The number of amides is 1. The number of aromatic nitrogens is 3. The second-order valence-electron chi connectivity index (χ2n) is 10.2. The number of hydrogen-bond acceptors (Lipinski definition) is 6. The molecule has 8 nitrogen and oxygen atoms in total. The number of methoxy groups -OCH3 is 1. The fourth-order valence-corrected chi connectivity index (χ4v) is 5.54. The number of rotatable bonds is 5. The van der Waals surface area contributed by atoms with Crippen LogP contribution in [0.3, 0.4) is 0 Å². The zero-order valence-corrected chi connectivity index (χ0v) is 23.1. The van der Waals surface area contributed by atoms with Crippen molar-refractivity contribution in [2.45, 2.75) is 39.0 Å². The number of nitriles is 1. The summed E-state index contributed by atoms with van der Waals surface area (Å²) in [4.78, 5) is 22.2. The number of alkyl halides is 3. The average molecular weight is 563 g/mol. The lowest BCUT2D eigenvalue weighted by atomic mass is 9.99. The first-order valence-electron chi connectivity index (χ1n) is 13.2. The molecule has 4 aromatic rings. The van der Waals surface area contributed by atoms with Crippen molar-refractivity contribution in [1.29, 1.82) is 5.26 Å². The Labute approximate surface area is 235 Å². The Hall–Kier alpha value is -4.43. The highest BCUT2D eigenvalue weighted by Crippen LogP contribution is 2.37. The fourth-order valence-electron chi connectivity index (χ4n) is 5.54. The highest BCUT2D eigenvalue weighted by atomic mass is 19.4. The summed E-state index contributed by atoms with van der Waals surface area (Å²) in [5.41, 5.74) is 0.885. The molecular weight excluding hydrogens is 533 g/mol. The first-order valence-corrected chi connectivity index (χ1v) is 13.2. The third kappa shape index (κ3) is 5.11. The highest BCUT2D eigenvalue weighted by Gasteiger charge is 2.39. The van der Waals surface area contributed by atoms with Crippen LogP contribution in [0.5, 0.6) is 5.75 Å². The first kappa shape index (κ1) is 28.1. The van der Waals surface area contributed by atoms with Gasteiger partial charge >= 0.3 is 6.18 Å². The Bertz CT molecular complexity index is 1640. The number of carbonyl (C=O) groups excluding carboxylic acids is 1. The zero-order valence-electron chi connectivity index (χ0n) is 23.1. The largest absolute Gasteiger partial charge is 0.497 e. The maximum atomic E-state index is 14.3. The summed E-state index contributed by atoms with van der Waals surface area (Å²) >= 11 is 0. The van der Waals surface area contributed by atoms with Gasteiger partial charge in [-0.2, -0.15) is 23.5 Å². The molecule has 11 heteroatoms. The summed E-state index contributed by atoms with van der Waals surface area (Å²) in [7, 11) is 1.50. The van der Waals surface area contributed by atoms with E-state index < -0.39 is 17.8 Å². The van der Waals surface area contributed by atoms with Crippen LogP contribution in [-0.4, -0.2) is 63.1 Å². The van der Waals surface area contributed by atoms with E-state index in [0.717, 1.165) is 10.1 Å². The molecule has 41 heavy (non-hydrogen) atoms. The lowest BCUT2D eigenvalue weighted by molar-refractivity contribution is -0.143. The van der Waals surface area contributed by atoms with E-state index in [-0.39, 0.29) is 34.6 Å². The lowest BCUT2D eigenvalue weighted by Crippen LogP contribution is -2.54. The second-order valence-corrected chi connectivity index (χ2v) is 10.2. The molecule has 0 bridgehead atoms. The molecule has 1 amide bonds. The molecule has 212 valence electrons. The number of ether oxygens (including phenoxy) is 1. The number of fused-ring (bicyclic) bond motifs is 1. The fraction of sp³-hybridized carbons (Fsp3) is 0.333. The van der Waals surface area contributed by atoms with Crippen molar-refractivity contribution in [3.63, 3.8) is 0 Å². The third-order valence-corrected chi connectivity index (χ3v) is 7.74. The molecular formula is C30H29F3N6O2. The monoisotopic (exact) mass is 562 g/mol. The quantitative estimate of drug-likeness (QED) is 0.319. The maximum absolute atomic E-state index is 14.3. The molecule has 0 unspecified atom stereocenters. The molecule has 0 saturated carbocycles. The number of benzene rings is 2. The van der Waals surface area contributed by atoms with Gasteiger partial charge in [-0.05, 0) is 56.7 Å². The first-order chi connectivity index (χ1) is 19.5. The van der Waals surface area contributed by atoms with Crippen molar-refractivity contribution in [1.82, 2.24) is 24.4 Å². The third-order valence-electron chi connectivity index (χ3n) is 7.74. The topological polar surface area (TPSA) is 86.8 Å². The van der Waals surface area contributed by atoms with Gasteiger partial charge < -0.3 is 9.64 Å². The van der Waals surface area contributed by atoms with E-state index in [4.69, 9.17) is 4.74 Å². The van der Waals surface area contributed by atoms with Crippen molar-refractivity contribution >= 4 is 11.6 Å². The summed E-state index contributed by atoms with van der Waals surface area (Å²) in [6, 6.07) is 15.9.